The van der Waals surface area contributed by atoms with Crippen LogP contribution in [0.15, 0.2) is 36.5 Å². The highest BCUT2D eigenvalue weighted by atomic mass is 19.4. The van der Waals surface area contributed by atoms with Crippen molar-refractivity contribution in [3.8, 4) is 5.69 Å². The van der Waals surface area contributed by atoms with Crippen LogP contribution in [0.1, 0.15) is 35.3 Å². The van der Waals surface area contributed by atoms with Crippen LogP contribution >= 0.6 is 0 Å². The van der Waals surface area contributed by atoms with Crippen molar-refractivity contribution in [3.63, 3.8) is 0 Å². The molecule has 1 fully saturated rings. The number of rotatable bonds is 5. The predicted molar refractivity (Wildman–Crippen MR) is 95.7 cm³/mol. The molecule has 0 atom stereocenters. The van der Waals surface area contributed by atoms with Crippen molar-refractivity contribution in [1.82, 2.24) is 20.0 Å². The monoisotopic (exact) mass is 380 g/mol. The smallest absolute Gasteiger partial charge is 0.339 e. The number of aromatic nitrogens is 2. The second-order valence-corrected chi connectivity index (χ2v) is 6.78. The second-order valence-electron chi connectivity index (χ2n) is 6.78. The molecular weight excluding hydrogens is 357 g/mol. The van der Waals surface area contributed by atoms with Gasteiger partial charge >= 0.3 is 6.18 Å². The SMILES string of the molecule is CNCCC1CCN(C(=O)c2cnn(-c3ccccc3)c2C(F)(F)F)CC1. The Labute approximate surface area is 156 Å². The Kier molecular flexibility index (Phi) is 5.84. The fourth-order valence-corrected chi connectivity index (χ4v) is 3.49. The van der Waals surface area contributed by atoms with E-state index >= 15 is 0 Å². The molecule has 5 nitrogen and oxygen atoms in total. The zero-order valence-corrected chi connectivity index (χ0v) is 15.2. The zero-order chi connectivity index (χ0) is 19.4. The predicted octanol–water partition coefficient (Wildman–Crippen LogP) is 3.35. The highest BCUT2D eigenvalue weighted by Crippen LogP contribution is 2.34. The van der Waals surface area contributed by atoms with Crippen molar-refractivity contribution in [2.75, 3.05) is 26.7 Å². The van der Waals surface area contributed by atoms with Gasteiger partial charge in [-0.3, -0.25) is 4.79 Å². The molecule has 8 heteroatoms. The fraction of sp³-hybridized carbons (Fsp3) is 0.474. The number of benzene rings is 1. The minimum Gasteiger partial charge on any atom is -0.339 e. The van der Waals surface area contributed by atoms with Crippen LogP contribution in [-0.4, -0.2) is 47.3 Å². The maximum absolute atomic E-state index is 13.7. The van der Waals surface area contributed by atoms with E-state index in [0.717, 1.165) is 36.7 Å². The van der Waals surface area contributed by atoms with E-state index in [9.17, 15) is 18.0 Å². The van der Waals surface area contributed by atoms with Crippen molar-refractivity contribution in [2.45, 2.75) is 25.4 Å². The molecule has 2 aromatic rings. The molecule has 1 aromatic carbocycles. The molecule has 0 spiro atoms. The lowest BCUT2D eigenvalue weighted by molar-refractivity contribution is -0.143. The van der Waals surface area contributed by atoms with E-state index in [1.54, 1.807) is 18.2 Å². The van der Waals surface area contributed by atoms with E-state index in [0.29, 0.717) is 19.0 Å². The van der Waals surface area contributed by atoms with E-state index < -0.39 is 17.8 Å². The first-order chi connectivity index (χ1) is 12.9. The van der Waals surface area contributed by atoms with Crippen LogP contribution in [0.5, 0.6) is 0 Å². The highest BCUT2D eigenvalue weighted by molar-refractivity contribution is 5.95. The van der Waals surface area contributed by atoms with E-state index in [2.05, 4.69) is 10.4 Å². The molecule has 0 bridgehead atoms. The van der Waals surface area contributed by atoms with Crippen LogP contribution < -0.4 is 5.32 Å². The lowest BCUT2D eigenvalue weighted by Crippen LogP contribution is -2.39. The highest BCUT2D eigenvalue weighted by Gasteiger charge is 2.41. The summed E-state index contributed by atoms with van der Waals surface area (Å²) in [6.45, 7) is 1.85. The lowest BCUT2D eigenvalue weighted by Gasteiger charge is -2.32. The average Bonchev–Trinajstić information content (AvgIpc) is 3.12. The summed E-state index contributed by atoms with van der Waals surface area (Å²) in [6, 6.07) is 8.04. The van der Waals surface area contributed by atoms with Gasteiger partial charge in [0.05, 0.1) is 17.4 Å². The third-order valence-electron chi connectivity index (χ3n) is 4.97. The molecule has 0 saturated carbocycles. The topological polar surface area (TPSA) is 50.2 Å². The van der Waals surface area contributed by atoms with E-state index in [1.807, 2.05) is 7.05 Å². The number of nitrogens with one attached hydrogen (secondary N) is 1. The van der Waals surface area contributed by atoms with Crippen molar-refractivity contribution >= 4 is 5.91 Å². The van der Waals surface area contributed by atoms with Gasteiger partial charge in [0.1, 0.15) is 0 Å². The van der Waals surface area contributed by atoms with Gasteiger partial charge in [-0.1, -0.05) is 18.2 Å². The van der Waals surface area contributed by atoms with Crippen LogP contribution in [0, 0.1) is 5.92 Å². The standard InChI is InChI=1S/C19H23F3N4O/c1-23-10-7-14-8-11-25(12-9-14)18(27)16-13-24-26(17(16)19(20,21)22)15-5-3-2-4-6-15/h2-6,13-14,23H,7-12H2,1H3. The Bertz CT molecular complexity index is 765. The van der Waals surface area contributed by atoms with Crippen LogP contribution in [0.2, 0.25) is 0 Å². The van der Waals surface area contributed by atoms with Crippen LogP contribution in [0.4, 0.5) is 13.2 Å². The Hall–Kier alpha value is -2.35. The number of carbonyl (C=O) groups is 1. The van der Waals surface area contributed by atoms with Gasteiger partial charge in [-0.25, -0.2) is 4.68 Å². The van der Waals surface area contributed by atoms with E-state index in [1.165, 1.54) is 17.0 Å². The van der Waals surface area contributed by atoms with Crippen molar-refractivity contribution in [3.05, 3.63) is 47.8 Å². The number of nitrogens with zero attached hydrogens (tertiary/aromatic N) is 3. The Balaban J connectivity index is 1.83. The molecule has 1 amide bonds. The molecule has 1 aliphatic heterocycles. The number of alkyl halides is 3. The maximum atomic E-state index is 13.7. The zero-order valence-electron chi connectivity index (χ0n) is 15.2. The molecule has 1 N–H and O–H groups in total. The molecular formula is C19H23F3N4O. The normalized spacial score (nSPS) is 15.9. The van der Waals surface area contributed by atoms with Crippen LogP contribution in [0.3, 0.4) is 0 Å². The van der Waals surface area contributed by atoms with E-state index in [-0.39, 0.29) is 11.3 Å². The number of likely N-dealkylation sites (tertiary alicyclic amines) is 1. The summed E-state index contributed by atoms with van der Waals surface area (Å²) in [5.41, 5.74) is -1.13. The summed E-state index contributed by atoms with van der Waals surface area (Å²) in [6.07, 6.45) is -1.02. The van der Waals surface area contributed by atoms with Gasteiger partial charge in [0.15, 0.2) is 5.69 Å². The molecule has 1 aliphatic rings. The molecule has 1 aromatic heterocycles. The minimum atomic E-state index is -4.68. The lowest BCUT2D eigenvalue weighted by atomic mass is 9.93. The second kappa shape index (κ2) is 8.12. The third kappa shape index (κ3) is 4.32. The number of carbonyl (C=O) groups excluding carboxylic acids is 1. The van der Waals surface area contributed by atoms with E-state index in [4.69, 9.17) is 0 Å². The molecule has 27 heavy (non-hydrogen) atoms. The molecule has 146 valence electrons. The van der Waals surface area contributed by atoms with Crippen LogP contribution in [-0.2, 0) is 6.18 Å². The van der Waals surface area contributed by atoms with Gasteiger partial charge in [0, 0.05) is 13.1 Å². The Morgan fingerprint density at radius 2 is 1.89 bits per heavy atom. The number of hydrogen-bond donors (Lipinski definition) is 1. The summed E-state index contributed by atoms with van der Waals surface area (Å²) in [5.74, 6) is -0.104. The first-order valence-corrected chi connectivity index (χ1v) is 9.06. The van der Waals surface area contributed by atoms with Gasteiger partial charge in [0.2, 0.25) is 0 Å². The summed E-state index contributed by atoms with van der Waals surface area (Å²) < 4.78 is 42.0. The average molecular weight is 380 g/mol. The fourth-order valence-electron chi connectivity index (χ4n) is 3.49. The summed E-state index contributed by atoms with van der Waals surface area (Å²) in [4.78, 5) is 14.3. The van der Waals surface area contributed by atoms with Gasteiger partial charge in [-0.2, -0.15) is 18.3 Å². The molecule has 3 rings (SSSR count). The minimum absolute atomic E-state index is 0.273. The number of hydrogen-bond acceptors (Lipinski definition) is 3. The summed E-state index contributed by atoms with van der Waals surface area (Å²) in [5, 5.41) is 6.97. The van der Waals surface area contributed by atoms with Crippen molar-refractivity contribution < 1.29 is 18.0 Å². The number of amides is 1. The van der Waals surface area contributed by atoms with Crippen molar-refractivity contribution in [1.29, 1.82) is 0 Å². The van der Waals surface area contributed by atoms with Crippen LogP contribution in [0.25, 0.3) is 5.69 Å². The molecule has 0 radical (unpaired) electrons. The Morgan fingerprint density at radius 1 is 1.22 bits per heavy atom. The molecule has 1 saturated heterocycles. The maximum Gasteiger partial charge on any atom is 0.434 e. The molecule has 0 unspecified atom stereocenters. The third-order valence-corrected chi connectivity index (χ3v) is 4.97. The first kappa shape index (κ1) is 19.4. The molecule has 2 heterocycles. The van der Waals surface area contributed by atoms with Gasteiger partial charge in [-0.15, -0.1) is 0 Å². The number of piperidine rings is 1. The van der Waals surface area contributed by atoms with Gasteiger partial charge in [-0.05, 0) is 50.9 Å². The van der Waals surface area contributed by atoms with Gasteiger partial charge < -0.3 is 10.2 Å². The Morgan fingerprint density at radius 3 is 2.48 bits per heavy atom. The molecule has 0 aliphatic carbocycles. The largest absolute Gasteiger partial charge is 0.434 e. The number of para-hydroxylation sites is 1. The number of halogens is 3. The van der Waals surface area contributed by atoms with Crippen molar-refractivity contribution in [2.24, 2.45) is 5.92 Å². The summed E-state index contributed by atoms with van der Waals surface area (Å²) >= 11 is 0. The first-order valence-electron chi connectivity index (χ1n) is 9.06. The van der Waals surface area contributed by atoms with Gasteiger partial charge in [0.25, 0.3) is 5.91 Å². The quantitative estimate of drug-likeness (QED) is 0.866. The summed E-state index contributed by atoms with van der Waals surface area (Å²) in [7, 11) is 1.89.